The Morgan fingerprint density at radius 2 is 2.21 bits per heavy atom. The topological polar surface area (TPSA) is 58.2 Å². The van der Waals surface area contributed by atoms with Gasteiger partial charge in [0, 0.05) is 29.6 Å². The summed E-state index contributed by atoms with van der Waals surface area (Å²) in [4.78, 5) is 16.0. The first-order valence-corrected chi connectivity index (χ1v) is 9.53. The molecule has 6 heteroatoms. The van der Waals surface area contributed by atoms with E-state index < -0.39 is 0 Å². The van der Waals surface area contributed by atoms with Crippen LogP contribution in [0, 0.1) is 6.92 Å². The number of aromatic amines is 1. The highest BCUT2D eigenvalue weighted by Gasteiger charge is 2.26. The maximum absolute atomic E-state index is 12.1. The number of rotatable bonds is 7. The number of carbonyl (C=O) groups is 1. The fraction of sp³-hybridized carbons (Fsp3) is 0.556. The van der Waals surface area contributed by atoms with Crippen LogP contribution in [0.5, 0.6) is 0 Å². The monoisotopic (exact) mass is 347 g/mol. The van der Waals surface area contributed by atoms with E-state index in [-0.39, 0.29) is 5.97 Å². The zero-order valence-electron chi connectivity index (χ0n) is 14.4. The molecule has 1 aliphatic carbocycles. The van der Waals surface area contributed by atoms with Crippen LogP contribution in [0.4, 0.5) is 0 Å². The highest BCUT2D eigenvalue weighted by molar-refractivity contribution is 7.10. The van der Waals surface area contributed by atoms with Gasteiger partial charge in [-0.05, 0) is 43.7 Å². The Bertz CT molecular complexity index is 673. The number of nitrogens with one attached hydrogen (secondary N) is 1. The van der Waals surface area contributed by atoms with E-state index in [0.717, 1.165) is 18.7 Å². The van der Waals surface area contributed by atoms with Gasteiger partial charge in [-0.15, -0.1) is 11.3 Å². The Morgan fingerprint density at radius 1 is 1.42 bits per heavy atom. The predicted octanol–water partition coefficient (Wildman–Crippen LogP) is 3.90. The second kappa shape index (κ2) is 7.94. The van der Waals surface area contributed by atoms with Crippen LogP contribution in [0.2, 0.25) is 0 Å². The van der Waals surface area contributed by atoms with Crippen molar-refractivity contribution in [2.75, 3.05) is 6.61 Å². The summed E-state index contributed by atoms with van der Waals surface area (Å²) in [6.07, 6.45) is 6.81. The van der Waals surface area contributed by atoms with E-state index in [1.807, 2.05) is 18.3 Å². The summed E-state index contributed by atoms with van der Waals surface area (Å²) < 4.78 is 5.13. The maximum atomic E-state index is 12.1. The van der Waals surface area contributed by atoms with Crippen molar-refractivity contribution < 1.29 is 9.53 Å². The number of carbonyl (C=O) groups excluding carboxylic acids is 1. The molecule has 0 aromatic carbocycles. The van der Waals surface area contributed by atoms with Crippen molar-refractivity contribution in [3.8, 4) is 0 Å². The first kappa shape index (κ1) is 17.2. The molecule has 0 bridgehead atoms. The number of nitrogens with zero attached hydrogens (tertiary/aromatic N) is 2. The van der Waals surface area contributed by atoms with Gasteiger partial charge in [-0.3, -0.25) is 10.00 Å². The zero-order chi connectivity index (χ0) is 16.9. The molecule has 0 spiro atoms. The number of hydrogen-bond donors (Lipinski definition) is 1. The highest BCUT2D eigenvalue weighted by Crippen LogP contribution is 2.29. The summed E-state index contributed by atoms with van der Waals surface area (Å²) in [6.45, 7) is 6.02. The number of hydrogen-bond acceptors (Lipinski definition) is 5. The molecule has 3 rings (SSSR count). The zero-order valence-corrected chi connectivity index (χ0v) is 15.2. The van der Waals surface area contributed by atoms with E-state index in [1.165, 1.54) is 36.1 Å². The molecule has 0 aliphatic heterocycles. The minimum Gasteiger partial charge on any atom is -0.461 e. The minimum atomic E-state index is -0.316. The molecule has 1 fully saturated rings. The number of aryl methyl sites for hydroxylation is 1. The van der Waals surface area contributed by atoms with E-state index in [4.69, 9.17) is 4.74 Å². The summed E-state index contributed by atoms with van der Waals surface area (Å²) in [7, 11) is 0. The van der Waals surface area contributed by atoms with Gasteiger partial charge in [-0.25, -0.2) is 4.79 Å². The van der Waals surface area contributed by atoms with E-state index in [1.54, 1.807) is 6.20 Å². The fourth-order valence-electron chi connectivity index (χ4n) is 3.36. The summed E-state index contributed by atoms with van der Waals surface area (Å²) in [6, 6.07) is 2.76. The molecule has 1 aliphatic rings. The van der Waals surface area contributed by atoms with Crippen molar-refractivity contribution in [3.05, 3.63) is 39.3 Å². The quantitative estimate of drug-likeness (QED) is 0.772. The van der Waals surface area contributed by atoms with Gasteiger partial charge in [0.1, 0.15) is 5.69 Å². The van der Waals surface area contributed by atoms with Gasteiger partial charge in [0.15, 0.2) is 0 Å². The van der Waals surface area contributed by atoms with E-state index in [9.17, 15) is 4.79 Å². The molecule has 0 radical (unpaired) electrons. The van der Waals surface area contributed by atoms with Crippen molar-refractivity contribution >= 4 is 17.3 Å². The lowest BCUT2D eigenvalue weighted by Gasteiger charge is -2.28. The molecule has 5 nitrogen and oxygen atoms in total. The van der Waals surface area contributed by atoms with Gasteiger partial charge < -0.3 is 4.74 Å². The summed E-state index contributed by atoms with van der Waals surface area (Å²) in [5.74, 6) is -0.316. The van der Waals surface area contributed by atoms with Crippen molar-refractivity contribution in [3.63, 3.8) is 0 Å². The summed E-state index contributed by atoms with van der Waals surface area (Å²) in [5, 5.41) is 9.03. The third-order valence-corrected chi connectivity index (χ3v) is 5.73. The van der Waals surface area contributed by atoms with Crippen LogP contribution < -0.4 is 0 Å². The molecule has 2 heterocycles. The highest BCUT2D eigenvalue weighted by atomic mass is 32.1. The summed E-state index contributed by atoms with van der Waals surface area (Å²) in [5.41, 5.74) is 2.76. The Kier molecular flexibility index (Phi) is 5.68. The largest absolute Gasteiger partial charge is 0.461 e. The predicted molar refractivity (Wildman–Crippen MR) is 95.1 cm³/mol. The number of esters is 1. The molecule has 2 aromatic heterocycles. The molecule has 0 unspecified atom stereocenters. The second-order valence-electron chi connectivity index (χ2n) is 6.36. The molecule has 1 saturated carbocycles. The molecular weight excluding hydrogens is 322 g/mol. The first-order chi connectivity index (χ1) is 11.7. The Balaban J connectivity index is 1.78. The smallest absolute Gasteiger partial charge is 0.356 e. The van der Waals surface area contributed by atoms with Gasteiger partial charge in [0.25, 0.3) is 0 Å². The van der Waals surface area contributed by atoms with Gasteiger partial charge in [0.2, 0.25) is 0 Å². The average Bonchev–Trinajstić information content (AvgIpc) is 3.29. The second-order valence-corrected chi connectivity index (χ2v) is 7.36. The van der Waals surface area contributed by atoms with E-state index in [2.05, 4.69) is 33.5 Å². The van der Waals surface area contributed by atoms with Gasteiger partial charge in [-0.2, -0.15) is 5.10 Å². The molecular formula is C18H25N3O2S. The van der Waals surface area contributed by atoms with Crippen LogP contribution in [-0.4, -0.2) is 33.7 Å². The van der Waals surface area contributed by atoms with Crippen LogP contribution in [-0.2, 0) is 17.8 Å². The minimum absolute atomic E-state index is 0.316. The molecule has 2 aromatic rings. The lowest BCUT2D eigenvalue weighted by atomic mass is 10.1. The third-order valence-electron chi connectivity index (χ3n) is 4.73. The van der Waals surface area contributed by atoms with Crippen molar-refractivity contribution in [2.45, 2.75) is 58.7 Å². The fourth-order valence-corrected chi connectivity index (χ4v) is 4.29. The van der Waals surface area contributed by atoms with Crippen molar-refractivity contribution in [1.82, 2.24) is 15.1 Å². The van der Waals surface area contributed by atoms with Crippen LogP contribution >= 0.6 is 11.3 Å². The Hall–Kier alpha value is -1.66. The SMILES string of the molecule is CCOC(=O)c1[nH]ncc1CN(Cc1sccc1C)C1CCCC1. The number of thiophene rings is 1. The van der Waals surface area contributed by atoms with Crippen LogP contribution in [0.25, 0.3) is 0 Å². The van der Waals surface area contributed by atoms with Crippen LogP contribution in [0.3, 0.4) is 0 Å². The molecule has 1 N–H and O–H groups in total. The molecule has 0 saturated heterocycles. The van der Waals surface area contributed by atoms with Crippen LogP contribution in [0.15, 0.2) is 17.6 Å². The maximum Gasteiger partial charge on any atom is 0.356 e. The molecule has 0 amide bonds. The Labute approximate surface area is 147 Å². The number of ether oxygens (including phenoxy) is 1. The van der Waals surface area contributed by atoms with E-state index >= 15 is 0 Å². The molecule has 0 atom stereocenters. The lowest BCUT2D eigenvalue weighted by Crippen LogP contribution is -2.32. The Morgan fingerprint density at radius 3 is 2.88 bits per heavy atom. The van der Waals surface area contributed by atoms with Crippen molar-refractivity contribution in [2.24, 2.45) is 0 Å². The normalized spacial score (nSPS) is 15.3. The van der Waals surface area contributed by atoms with Gasteiger partial charge in [-0.1, -0.05) is 12.8 Å². The third kappa shape index (κ3) is 3.87. The molecule has 130 valence electrons. The van der Waals surface area contributed by atoms with Gasteiger partial charge >= 0.3 is 5.97 Å². The standard InChI is InChI=1S/C18H25N3O2S/c1-3-23-18(22)17-14(10-19-20-17)11-21(15-6-4-5-7-15)12-16-13(2)8-9-24-16/h8-10,15H,3-7,11-12H2,1-2H3,(H,19,20). The first-order valence-electron chi connectivity index (χ1n) is 8.65. The van der Waals surface area contributed by atoms with E-state index in [0.29, 0.717) is 18.3 Å². The lowest BCUT2D eigenvalue weighted by molar-refractivity contribution is 0.0516. The van der Waals surface area contributed by atoms with Crippen LogP contribution in [0.1, 0.15) is 59.1 Å². The summed E-state index contributed by atoms with van der Waals surface area (Å²) >= 11 is 1.81. The average molecular weight is 347 g/mol. The van der Waals surface area contributed by atoms with Crippen molar-refractivity contribution in [1.29, 1.82) is 0 Å². The van der Waals surface area contributed by atoms with Gasteiger partial charge in [0.05, 0.1) is 12.8 Å². The molecule has 24 heavy (non-hydrogen) atoms. The number of aromatic nitrogens is 2. The number of H-pyrrole nitrogens is 1.